The highest BCUT2D eigenvalue weighted by Gasteiger charge is 2.51. The van der Waals surface area contributed by atoms with E-state index in [1.54, 1.807) is 14.0 Å². The number of aromatic hydroxyl groups is 1. The molecule has 1 aliphatic carbocycles. The molecule has 0 amide bonds. The molecule has 188 valence electrons. The van der Waals surface area contributed by atoms with Gasteiger partial charge in [0.15, 0.2) is 11.6 Å². The summed E-state index contributed by atoms with van der Waals surface area (Å²) >= 11 is 0. The Kier molecular flexibility index (Phi) is 5.54. The number of Topliss-reactive ketones (excluding diaryl/α,β-unsaturated/α-hetero) is 2. The van der Waals surface area contributed by atoms with Gasteiger partial charge in [0.1, 0.15) is 40.4 Å². The van der Waals surface area contributed by atoms with Crippen molar-refractivity contribution < 1.29 is 28.9 Å². The molecular formula is C30H32O6. The molecule has 2 atom stereocenters. The van der Waals surface area contributed by atoms with E-state index in [0.717, 1.165) is 11.1 Å². The van der Waals surface area contributed by atoms with Gasteiger partial charge in [-0.3, -0.25) is 9.59 Å². The molecule has 0 bridgehead atoms. The van der Waals surface area contributed by atoms with Crippen LogP contribution in [0.5, 0.6) is 17.2 Å². The summed E-state index contributed by atoms with van der Waals surface area (Å²) in [5.74, 6) is 0.967. The summed E-state index contributed by atoms with van der Waals surface area (Å²) in [5, 5.41) is 11.1. The zero-order chi connectivity index (χ0) is 26.1. The largest absolute Gasteiger partial charge is 0.507 e. The van der Waals surface area contributed by atoms with Gasteiger partial charge in [-0.05, 0) is 39.2 Å². The maximum absolute atomic E-state index is 14.0. The average molecular weight is 489 g/mol. The highest BCUT2D eigenvalue weighted by Crippen LogP contribution is 2.59. The van der Waals surface area contributed by atoms with E-state index in [-0.39, 0.29) is 41.1 Å². The maximum Gasteiger partial charge on any atom is 0.176 e. The van der Waals surface area contributed by atoms with Crippen LogP contribution in [0.25, 0.3) is 0 Å². The fourth-order valence-corrected chi connectivity index (χ4v) is 6.00. The molecule has 0 saturated carbocycles. The van der Waals surface area contributed by atoms with Gasteiger partial charge < -0.3 is 19.3 Å². The first kappa shape index (κ1) is 24.2. The van der Waals surface area contributed by atoms with Gasteiger partial charge in [0, 0.05) is 28.2 Å². The predicted molar refractivity (Wildman–Crippen MR) is 135 cm³/mol. The molecule has 3 aliphatic rings. The summed E-state index contributed by atoms with van der Waals surface area (Å²) < 4.78 is 18.6. The van der Waals surface area contributed by atoms with Crippen LogP contribution < -0.4 is 9.47 Å². The molecule has 0 fully saturated rings. The number of hydrogen-bond acceptors (Lipinski definition) is 6. The third-order valence-electron chi connectivity index (χ3n) is 7.73. The first-order chi connectivity index (χ1) is 17.0. The Balaban J connectivity index is 1.79. The van der Waals surface area contributed by atoms with Crippen molar-refractivity contribution in [2.45, 2.75) is 60.0 Å². The topological polar surface area (TPSA) is 82.1 Å². The Bertz CT molecular complexity index is 1360. The lowest BCUT2D eigenvalue weighted by molar-refractivity contribution is -0.124. The molecular weight excluding hydrogens is 456 g/mol. The Morgan fingerprint density at radius 3 is 2.36 bits per heavy atom. The van der Waals surface area contributed by atoms with Crippen molar-refractivity contribution in [3.63, 3.8) is 0 Å². The monoisotopic (exact) mass is 488 g/mol. The Labute approximate surface area is 211 Å². The number of allylic oxidation sites excluding steroid dienone is 3. The van der Waals surface area contributed by atoms with Crippen molar-refractivity contribution in [1.29, 1.82) is 0 Å². The lowest BCUT2D eigenvalue weighted by Gasteiger charge is -2.42. The van der Waals surface area contributed by atoms with Crippen LogP contribution in [-0.4, -0.2) is 23.8 Å². The summed E-state index contributed by atoms with van der Waals surface area (Å²) in [5.41, 5.74) is 2.60. The van der Waals surface area contributed by atoms with Crippen LogP contribution in [0.1, 0.15) is 80.1 Å². The minimum Gasteiger partial charge on any atom is -0.507 e. The Morgan fingerprint density at radius 2 is 1.75 bits per heavy atom. The van der Waals surface area contributed by atoms with Gasteiger partial charge in [-0.25, -0.2) is 0 Å². The van der Waals surface area contributed by atoms with Gasteiger partial charge in [0.05, 0.1) is 18.9 Å². The fourth-order valence-electron chi connectivity index (χ4n) is 6.00. The number of benzene rings is 2. The zero-order valence-corrected chi connectivity index (χ0v) is 21.8. The minimum absolute atomic E-state index is 0.0156. The lowest BCUT2D eigenvalue weighted by Crippen LogP contribution is -2.40. The molecule has 2 aromatic rings. The number of rotatable bonds is 3. The van der Waals surface area contributed by atoms with Crippen LogP contribution in [0.3, 0.4) is 0 Å². The smallest absolute Gasteiger partial charge is 0.176 e. The molecule has 5 rings (SSSR count). The van der Waals surface area contributed by atoms with E-state index in [1.807, 2.05) is 65.0 Å². The standard InChI is InChI=1S/C30H32O6/c1-14(2)20-22-25(36-26-16(4)29(34-7)30(5,6)28(33)23(20)26)15(3)24(32)21-18(31)13-19(35-27(21)22)17-11-9-8-10-12-17/h8-12,14,19-20,32H,13H2,1-7H3/t19-,20+/m1/s1. The first-order valence-electron chi connectivity index (χ1n) is 12.4. The molecule has 0 radical (unpaired) electrons. The maximum atomic E-state index is 14.0. The van der Waals surface area contributed by atoms with Crippen molar-refractivity contribution in [2.75, 3.05) is 7.11 Å². The normalized spacial score (nSPS) is 22.6. The summed E-state index contributed by atoms with van der Waals surface area (Å²) in [6.45, 7) is 11.4. The van der Waals surface area contributed by atoms with Gasteiger partial charge in [-0.1, -0.05) is 44.2 Å². The Morgan fingerprint density at radius 1 is 1.08 bits per heavy atom. The van der Waals surface area contributed by atoms with Crippen LogP contribution in [0.15, 0.2) is 53.0 Å². The molecule has 0 aromatic heterocycles. The number of ether oxygens (including phenoxy) is 3. The van der Waals surface area contributed by atoms with E-state index in [9.17, 15) is 14.7 Å². The third kappa shape index (κ3) is 3.23. The number of hydrogen-bond donors (Lipinski definition) is 1. The highest BCUT2D eigenvalue weighted by molar-refractivity contribution is 6.07. The van der Waals surface area contributed by atoms with Crippen molar-refractivity contribution >= 4 is 11.6 Å². The second kappa shape index (κ2) is 8.26. The van der Waals surface area contributed by atoms with E-state index in [0.29, 0.717) is 39.7 Å². The highest BCUT2D eigenvalue weighted by atomic mass is 16.5. The second-order valence-corrected chi connectivity index (χ2v) is 10.7. The van der Waals surface area contributed by atoms with Gasteiger partial charge in [0.2, 0.25) is 0 Å². The third-order valence-corrected chi connectivity index (χ3v) is 7.73. The molecule has 2 aliphatic heterocycles. The average Bonchev–Trinajstić information content (AvgIpc) is 2.85. The van der Waals surface area contributed by atoms with Crippen LogP contribution in [0, 0.1) is 18.3 Å². The van der Waals surface area contributed by atoms with Gasteiger partial charge >= 0.3 is 0 Å². The summed E-state index contributed by atoms with van der Waals surface area (Å²) in [6.07, 6.45) is -0.379. The molecule has 6 nitrogen and oxygen atoms in total. The number of phenols is 1. The second-order valence-electron chi connectivity index (χ2n) is 10.7. The minimum atomic E-state index is -0.874. The number of phenolic OH excluding ortho intramolecular Hbond substituents is 1. The number of ketones is 2. The summed E-state index contributed by atoms with van der Waals surface area (Å²) in [7, 11) is 1.56. The van der Waals surface area contributed by atoms with Gasteiger partial charge in [-0.15, -0.1) is 0 Å². The molecule has 2 heterocycles. The van der Waals surface area contributed by atoms with E-state index in [4.69, 9.17) is 14.2 Å². The molecule has 0 saturated heterocycles. The Hall–Kier alpha value is -3.54. The van der Waals surface area contributed by atoms with Crippen molar-refractivity contribution in [1.82, 2.24) is 0 Å². The predicted octanol–water partition coefficient (Wildman–Crippen LogP) is 6.32. The van der Waals surface area contributed by atoms with E-state index in [1.165, 1.54) is 0 Å². The van der Waals surface area contributed by atoms with E-state index in [2.05, 4.69) is 0 Å². The number of methoxy groups -OCH3 is 1. The number of fused-ring (bicyclic) bond motifs is 3. The molecule has 2 aromatic carbocycles. The molecule has 6 heteroatoms. The first-order valence-corrected chi connectivity index (χ1v) is 12.4. The number of carbonyl (C=O) groups excluding carboxylic acids is 2. The van der Waals surface area contributed by atoms with Crippen LogP contribution >= 0.6 is 0 Å². The summed E-state index contributed by atoms with van der Waals surface area (Å²) in [6, 6.07) is 9.57. The van der Waals surface area contributed by atoms with Crippen LogP contribution in [-0.2, 0) is 9.53 Å². The van der Waals surface area contributed by atoms with Crippen molar-refractivity contribution in [3.05, 3.63) is 75.3 Å². The zero-order valence-electron chi connectivity index (χ0n) is 21.8. The van der Waals surface area contributed by atoms with Gasteiger partial charge in [0.25, 0.3) is 0 Å². The quantitative estimate of drug-likeness (QED) is 0.544. The van der Waals surface area contributed by atoms with E-state index >= 15 is 0 Å². The molecule has 0 unspecified atom stereocenters. The van der Waals surface area contributed by atoms with Gasteiger partial charge in [-0.2, -0.15) is 0 Å². The SMILES string of the molecule is COC1=C(C)C2=C(C(=O)C1(C)C)[C@@H](C(C)C)c1c(c(C)c(O)c3c1O[C@@H](c1ccccc1)CC3=O)O2. The molecule has 1 N–H and O–H groups in total. The molecule has 0 spiro atoms. The van der Waals surface area contributed by atoms with E-state index < -0.39 is 11.5 Å². The summed E-state index contributed by atoms with van der Waals surface area (Å²) in [4.78, 5) is 27.4. The molecule has 36 heavy (non-hydrogen) atoms. The van der Waals surface area contributed by atoms with Crippen molar-refractivity contribution in [2.24, 2.45) is 11.3 Å². The van der Waals surface area contributed by atoms with Crippen LogP contribution in [0.2, 0.25) is 0 Å². The lowest BCUT2D eigenvalue weighted by atomic mass is 9.67. The van der Waals surface area contributed by atoms with Crippen LogP contribution in [0.4, 0.5) is 0 Å². The van der Waals surface area contributed by atoms with Crippen molar-refractivity contribution in [3.8, 4) is 17.2 Å². The number of carbonyl (C=O) groups is 2. The fraction of sp³-hybridized carbons (Fsp3) is 0.400.